The SMILES string of the molecule is CN(Cc1cccs1)C(=O)c1ccc2c(c1)C[C@H](c1ccccc1)OC2=O. The number of nitrogens with zero attached hydrogens (tertiary/aromatic N) is 1. The van der Waals surface area contributed by atoms with E-state index in [9.17, 15) is 9.59 Å². The van der Waals surface area contributed by atoms with E-state index in [0.717, 1.165) is 16.0 Å². The van der Waals surface area contributed by atoms with Gasteiger partial charge in [-0.05, 0) is 40.8 Å². The van der Waals surface area contributed by atoms with Gasteiger partial charge in [0.1, 0.15) is 6.10 Å². The summed E-state index contributed by atoms with van der Waals surface area (Å²) in [5, 5.41) is 2.00. The number of cyclic esters (lactones) is 1. The summed E-state index contributed by atoms with van der Waals surface area (Å²) in [7, 11) is 1.79. The van der Waals surface area contributed by atoms with Crippen LogP contribution in [0.25, 0.3) is 0 Å². The van der Waals surface area contributed by atoms with Crippen LogP contribution in [0.15, 0.2) is 66.0 Å². The topological polar surface area (TPSA) is 46.6 Å². The van der Waals surface area contributed by atoms with Gasteiger partial charge in [-0.1, -0.05) is 36.4 Å². The molecule has 5 heteroatoms. The summed E-state index contributed by atoms with van der Waals surface area (Å²) in [5.41, 5.74) is 2.95. The van der Waals surface area contributed by atoms with Crippen molar-refractivity contribution in [2.24, 2.45) is 0 Å². The highest BCUT2D eigenvalue weighted by Gasteiger charge is 2.28. The van der Waals surface area contributed by atoms with Gasteiger partial charge in [0.2, 0.25) is 0 Å². The fraction of sp³-hybridized carbons (Fsp3) is 0.182. The summed E-state index contributed by atoms with van der Waals surface area (Å²) >= 11 is 1.63. The van der Waals surface area contributed by atoms with Crippen LogP contribution in [0, 0.1) is 0 Å². The van der Waals surface area contributed by atoms with E-state index in [0.29, 0.717) is 24.1 Å². The Morgan fingerprint density at radius 2 is 1.96 bits per heavy atom. The van der Waals surface area contributed by atoms with Crippen LogP contribution in [0.4, 0.5) is 0 Å². The zero-order valence-electron chi connectivity index (χ0n) is 14.9. The number of carbonyl (C=O) groups is 2. The number of rotatable bonds is 4. The molecule has 0 saturated heterocycles. The number of hydrogen-bond acceptors (Lipinski definition) is 4. The van der Waals surface area contributed by atoms with E-state index < -0.39 is 0 Å². The third-order valence-electron chi connectivity index (χ3n) is 4.72. The number of fused-ring (bicyclic) bond motifs is 1. The van der Waals surface area contributed by atoms with E-state index >= 15 is 0 Å². The first kappa shape index (κ1) is 17.5. The Morgan fingerprint density at radius 1 is 1.15 bits per heavy atom. The van der Waals surface area contributed by atoms with Crippen LogP contribution in [-0.4, -0.2) is 23.8 Å². The van der Waals surface area contributed by atoms with E-state index in [1.54, 1.807) is 35.4 Å². The summed E-state index contributed by atoms with van der Waals surface area (Å²) in [6, 6.07) is 18.9. The van der Waals surface area contributed by atoms with Crippen molar-refractivity contribution in [2.45, 2.75) is 19.1 Å². The predicted molar refractivity (Wildman–Crippen MR) is 105 cm³/mol. The molecule has 1 amide bonds. The fourth-order valence-electron chi connectivity index (χ4n) is 3.31. The minimum Gasteiger partial charge on any atom is -0.454 e. The minimum absolute atomic E-state index is 0.0543. The Kier molecular flexibility index (Phi) is 4.77. The van der Waals surface area contributed by atoms with Crippen molar-refractivity contribution in [3.8, 4) is 0 Å². The van der Waals surface area contributed by atoms with Crippen molar-refractivity contribution in [3.05, 3.63) is 93.2 Å². The van der Waals surface area contributed by atoms with Gasteiger partial charge in [0.15, 0.2) is 0 Å². The molecule has 0 aliphatic carbocycles. The molecule has 27 heavy (non-hydrogen) atoms. The average molecular weight is 377 g/mol. The lowest BCUT2D eigenvalue weighted by atomic mass is 9.93. The monoisotopic (exact) mass is 377 g/mol. The molecule has 1 aliphatic heterocycles. The second-order valence-corrected chi connectivity index (χ2v) is 7.65. The van der Waals surface area contributed by atoms with E-state index in [2.05, 4.69) is 0 Å². The number of benzene rings is 2. The lowest BCUT2D eigenvalue weighted by molar-refractivity contribution is 0.0252. The molecule has 1 aliphatic rings. The summed E-state index contributed by atoms with van der Waals surface area (Å²) < 4.78 is 5.58. The van der Waals surface area contributed by atoms with Crippen LogP contribution in [0.2, 0.25) is 0 Å². The third kappa shape index (κ3) is 3.64. The lowest BCUT2D eigenvalue weighted by Gasteiger charge is -2.26. The van der Waals surface area contributed by atoms with Gasteiger partial charge in [-0.15, -0.1) is 11.3 Å². The zero-order chi connectivity index (χ0) is 18.8. The quantitative estimate of drug-likeness (QED) is 0.630. The molecule has 1 atom stereocenters. The van der Waals surface area contributed by atoms with Crippen molar-refractivity contribution in [3.63, 3.8) is 0 Å². The molecule has 0 radical (unpaired) electrons. The average Bonchev–Trinajstić information content (AvgIpc) is 3.20. The second-order valence-electron chi connectivity index (χ2n) is 6.62. The molecule has 4 nitrogen and oxygen atoms in total. The number of carbonyl (C=O) groups excluding carboxylic acids is 2. The first-order valence-electron chi connectivity index (χ1n) is 8.78. The van der Waals surface area contributed by atoms with Crippen LogP contribution >= 0.6 is 11.3 Å². The Morgan fingerprint density at radius 3 is 2.70 bits per heavy atom. The van der Waals surface area contributed by atoms with Crippen LogP contribution in [0.5, 0.6) is 0 Å². The van der Waals surface area contributed by atoms with Crippen LogP contribution in [-0.2, 0) is 17.7 Å². The first-order chi connectivity index (χ1) is 13.1. The predicted octanol–water partition coefficient (Wildman–Crippen LogP) is 4.47. The number of esters is 1. The molecule has 4 rings (SSSR count). The molecular weight excluding hydrogens is 358 g/mol. The molecule has 1 aromatic heterocycles. The Labute approximate surface area is 162 Å². The highest BCUT2D eigenvalue weighted by Crippen LogP contribution is 2.31. The highest BCUT2D eigenvalue weighted by molar-refractivity contribution is 7.09. The van der Waals surface area contributed by atoms with Gasteiger partial charge in [-0.25, -0.2) is 4.79 Å². The van der Waals surface area contributed by atoms with E-state index in [-0.39, 0.29) is 18.0 Å². The number of hydrogen-bond donors (Lipinski definition) is 0. The molecule has 2 aromatic carbocycles. The van der Waals surface area contributed by atoms with Gasteiger partial charge in [0, 0.05) is 23.9 Å². The molecule has 0 saturated carbocycles. The van der Waals surface area contributed by atoms with Crippen LogP contribution < -0.4 is 0 Å². The summed E-state index contributed by atoms with van der Waals surface area (Å²) in [4.78, 5) is 28.0. The van der Waals surface area contributed by atoms with Gasteiger partial charge in [-0.3, -0.25) is 4.79 Å². The van der Waals surface area contributed by atoms with Crippen LogP contribution in [0.3, 0.4) is 0 Å². The van der Waals surface area contributed by atoms with Gasteiger partial charge < -0.3 is 9.64 Å². The number of thiophene rings is 1. The smallest absolute Gasteiger partial charge is 0.339 e. The maximum atomic E-state index is 12.8. The van der Waals surface area contributed by atoms with Gasteiger partial charge in [0.25, 0.3) is 5.91 Å². The van der Waals surface area contributed by atoms with Crippen molar-refractivity contribution in [1.29, 1.82) is 0 Å². The second kappa shape index (κ2) is 7.37. The maximum absolute atomic E-state index is 12.8. The number of ether oxygens (including phenoxy) is 1. The Balaban J connectivity index is 1.57. The third-order valence-corrected chi connectivity index (χ3v) is 5.58. The molecule has 0 unspecified atom stereocenters. The molecule has 136 valence electrons. The van der Waals surface area contributed by atoms with E-state index in [1.807, 2.05) is 53.9 Å². The molecule has 0 spiro atoms. The van der Waals surface area contributed by atoms with Crippen molar-refractivity contribution in [1.82, 2.24) is 4.90 Å². The highest BCUT2D eigenvalue weighted by atomic mass is 32.1. The lowest BCUT2D eigenvalue weighted by Crippen LogP contribution is -2.27. The molecule has 0 fully saturated rings. The molecular formula is C22H19NO3S. The largest absolute Gasteiger partial charge is 0.454 e. The summed E-state index contributed by atoms with van der Waals surface area (Å²) in [6.45, 7) is 0.572. The van der Waals surface area contributed by atoms with Gasteiger partial charge in [-0.2, -0.15) is 0 Å². The van der Waals surface area contributed by atoms with E-state index in [1.165, 1.54) is 0 Å². The molecule has 2 heterocycles. The van der Waals surface area contributed by atoms with Crippen LogP contribution in [0.1, 0.15) is 42.8 Å². The van der Waals surface area contributed by atoms with Gasteiger partial charge >= 0.3 is 5.97 Å². The molecule has 0 N–H and O–H groups in total. The van der Waals surface area contributed by atoms with E-state index in [4.69, 9.17) is 4.74 Å². The Hall–Kier alpha value is -2.92. The summed E-state index contributed by atoms with van der Waals surface area (Å²) in [5.74, 6) is -0.391. The Bertz CT molecular complexity index is 966. The molecule has 3 aromatic rings. The first-order valence-corrected chi connectivity index (χ1v) is 9.66. The molecule has 0 bridgehead atoms. The normalized spacial score (nSPS) is 15.7. The fourth-order valence-corrected chi connectivity index (χ4v) is 4.07. The van der Waals surface area contributed by atoms with Crippen molar-refractivity contribution >= 4 is 23.2 Å². The summed E-state index contributed by atoms with van der Waals surface area (Å²) in [6.07, 6.45) is 0.251. The number of amides is 1. The van der Waals surface area contributed by atoms with Crippen molar-refractivity contribution < 1.29 is 14.3 Å². The standard InChI is InChI=1S/C22H19NO3S/c1-23(14-18-8-5-11-27-18)21(24)16-9-10-19-17(12-16)13-20(26-22(19)25)15-6-3-2-4-7-15/h2-12,20H,13-14H2,1H3/t20-/m1/s1. The maximum Gasteiger partial charge on any atom is 0.339 e. The van der Waals surface area contributed by atoms with Crippen molar-refractivity contribution in [2.75, 3.05) is 7.05 Å². The minimum atomic E-state index is -0.337. The zero-order valence-corrected chi connectivity index (χ0v) is 15.7. The van der Waals surface area contributed by atoms with Gasteiger partial charge in [0.05, 0.1) is 12.1 Å².